The molecule has 0 N–H and O–H groups in total. The first-order valence-corrected chi connectivity index (χ1v) is 7.62. The van der Waals surface area contributed by atoms with Crippen LogP contribution < -0.4 is 0 Å². The van der Waals surface area contributed by atoms with Crippen LogP contribution in [-0.4, -0.2) is 6.66 Å². The average Bonchev–Trinajstić information content (AvgIpc) is 2.52. The molecule has 1 aromatic carbocycles. The predicted octanol–water partition coefficient (Wildman–Crippen LogP) is 5.99. The van der Waals surface area contributed by atoms with Crippen LogP contribution in [0.4, 0.5) is 0 Å². The molecule has 0 bridgehead atoms. The van der Waals surface area contributed by atoms with E-state index in [9.17, 15) is 0 Å². The topological polar surface area (TPSA) is 0 Å². The fourth-order valence-electron chi connectivity index (χ4n) is 1.04. The van der Waals surface area contributed by atoms with Gasteiger partial charge in [0.15, 0.2) is 0 Å². The lowest BCUT2D eigenvalue weighted by Crippen LogP contribution is -1.77. The van der Waals surface area contributed by atoms with Crippen LogP contribution in [0, 0.1) is 0 Å². The summed E-state index contributed by atoms with van der Waals surface area (Å²) in [4.78, 5) is 0. The highest BCUT2D eigenvalue weighted by atomic mass is 31.0. The number of hydrogen-bond donors (Lipinski definition) is 0. The summed E-state index contributed by atoms with van der Waals surface area (Å²) in [6.45, 7) is 17.3. The molecule has 0 aliphatic carbocycles. The van der Waals surface area contributed by atoms with Crippen LogP contribution in [0.25, 0.3) is 5.57 Å². The SMILES string of the molecule is C=C/C=C(\C=C)c1ccccc1.CC.CC.CP. The molecular weight excluding hydrogens is 235 g/mol. The summed E-state index contributed by atoms with van der Waals surface area (Å²) in [5.41, 5.74) is 2.28. The molecule has 0 amide bonds. The molecule has 0 radical (unpaired) electrons. The maximum Gasteiger partial charge on any atom is -0.0184 e. The Morgan fingerprint density at radius 2 is 1.39 bits per heavy atom. The van der Waals surface area contributed by atoms with Gasteiger partial charge in [-0.3, -0.25) is 0 Å². The van der Waals surface area contributed by atoms with E-state index in [0.29, 0.717) is 0 Å². The van der Waals surface area contributed by atoms with E-state index < -0.39 is 0 Å². The molecule has 0 aliphatic heterocycles. The molecule has 0 spiro atoms. The van der Waals surface area contributed by atoms with Crippen LogP contribution in [0.1, 0.15) is 33.3 Å². The van der Waals surface area contributed by atoms with Crippen LogP contribution in [0.3, 0.4) is 0 Å². The zero-order valence-electron chi connectivity index (χ0n) is 12.6. The fourth-order valence-corrected chi connectivity index (χ4v) is 1.04. The van der Waals surface area contributed by atoms with Crippen molar-refractivity contribution in [1.82, 2.24) is 0 Å². The predicted molar refractivity (Wildman–Crippen MR) is 93.1 cm³/mol. The minimum Gasteiger partial charge on any atom is -0.141 e. The minimum absolute atomic E-state index is 1.10. The lowest BCUT2D eigenvalue weighted by Gasteiger charge is -1.99. The summed E-state index contributed by atoms with van der Waals surface area (Å²) in [6, 6.07) is 10.1. The molecular formula is C17H29P. The molecule has 1 rings (SSSR count). The van der Waals surface area contributed by atoms with E-state index in [-0.39, 0.29) is 0 Å². The summed E-state index contributed by atoms with van der Waals surface area (Å²) in [5, 5.41) is 0. The Morgan fingerprint density at radius 1 is 0.944 bits per heavy atom. The quantitative estimate of drug-likeness (QED) is 0.465. The van der Waals surface area contributed by atoms with Gasteiger partial charge in [0.1, 0.15) is 0 Å². The second kappa shape index (κ2) is 21.2. The number of benzene rings is 1. The first-order chi connectivity index (χ1) is 8.88. The van der Waals surface area contributed by atoms with Gasteiger partial charge in [-0.15, -0.1) is 9.24 Å². The van der Waals surface area contributed by atoms with E-state index in [4.69, 9.17) is 0 Å². The van der Waals surface area contributed by atoms with Crippen LogP contribution in [0.5, 0.6) is 0 Å². The van der Waals surface area contributed by atoms with Gasteiger partial charge in [-0.2, -0.15) is 0 Å². The third-order valence-electron chi connectivity index (χ3n) is 1.62. The van der Waals surface area contributed by atoms with Gasteiger partial charge in [-0.1, -0.05) is 96.1 Å². The first kappa shape index (κ1) is 22.1. The summed E-state index contributed by atoms with van der Waals surface area (Å²) in [7, 11) is 2.42. The lowest BCUT2D eigenvalue weighted by atomic mass is 10.1. The monoisotopic (exact) mass is 264 g/mol. The molecule has 0 saturated carbocycles. The van der Waals surface area contributed by atoms with Crippen molar-refractivity contribution in [1.29, 1.82) is 0 Å². The molecule has 0 aromatic heterocycles. The Hall–Kier alpha value is -1.13. The molecule has 0 aliphatic rings. The number of allylic oxidation sites excluding steroid dienone is 4. The molecule has 1 atom stereocenters. The van der Waals surface area contributed by atoms with Crippen molar-refractivity contribution in [2.24, 2.45) is 0 Å². The standard InChI is InChI=1S/C12H12.2C2H6.CH5P/c1-3-8-11(4-2)12-9-6-5-7-10-12;3*1-2/h3-10H,1-2H2;2*1-2H3;2H2,1H3/b11-8+;;;. The van der Waals surface area contributed by atoms with E-state index in [1.807, 2.05) is 64.7 Å². The van der Waals surface area contributed by atoms with Gasteiger partial charge in [0, 0.05) is 0 Å². The van der Waals surface area contributed by atoms with Crippen LogP contribution in [0.15, 0.2) is 61.7 Å². The van der Waals surface area contributed by atoms with Gasteiger partial charge in [-0.05, 0) is 11.1 Å². The van der Waals surface area contributed by atoms with Gasteiger partial charge >= 0.3 is 0 Å². The normalized spacial score (nSPS) is 8.22. The summed E-state index contributed by atoms with van der Waals surface area (Å²) < 4.78 is 0. The van der Waals surface area contributed by atoms with Crippen LogP contribution in [0.2, 0.25) is 0 Å². The van der Waals surface area contributed by atoms with Gasteiger partial charge in [0.25, 0.3) is 0 Å². The molecule has 0 nitrogen and oxygen atoms in total. The highest BCUT2D eigenvalue weighted by Gasteiger charge is 1.92. The Labute approximate surface area is 117 Å². The smallest absolute Gasteiger partial charge is 0.0184 e. The maximum absolute atomic E-state index is 3.74. The Kier molecular flexibility index (Phi) is 26.0. The molecule has 1 unspecified atom stereocenters. The molecule has 0 heterocycles. The fraction of sp³-hybridized carbons (Fsp3) is 0.294. The highest BCUT2D eigenvalue weighted by Crippen LogP contribution is 2.14. The number of rotatable bonds is 3. The number of hydrogen-bond acceptors (Lipinski definition) is 0. The average molecular weight is 264 g/mol. The Balaban J connectivity index is -0.000000328. The van der Waals surface area contributed by atoms with Crippen molar-refractivity contribution < 1.29 is 0 Å². The highest BCUT2D eigenvalue weighted by molar-refractivity contribution is 7.15. The zero-order chi connectivity index (χ0) is 14.8. The van der Waals surface area contributed by atoms with Crippen molar-refractivity contribution >= 4 is 14.8 Å². The maximum atomic E-state index is 3.74. The minimum atomic E-state index is 1.10. The molecule has 1 aromatic rings. The van der Waals surface area contributed by atoms with Crippen molar-refractivity contribution in [3.63, 3.8) is 0 Å². The lowest BCUT2D eigenvalue weighted by molar-refractivity contribution is 1.50. The molecule has 18 heavy (non-hydrogen) atoms. The molecule has 0 fully saturated rings. The van der Waals surface area contributed by atoms with E-state index >= 15 is 0 Å². The molecule has 102 valence electrons. The summed E-state index contributed by atoms with van der Waals surface area (Å²) in [5.74, 6) is 0. The third-order valence-corrected chi connectivity index (χ3v) is 1.62. The van der Waals surface area contributed by atoms with Gasteiger partial charge in [0.05, 0.1) is 0 Å². The van der Waals surface area contributed by atoms with E-state index in [2.05, 4.69) is 34.5 Å². The Bertz CT molecular complexity index is 297. The summed E-state index contributed by atoms with van der Waals surface area (Å²) >= 11 is 0. The van der Waals surface area contributed by atoms with Gasteiger partial charge < -0.3 is 0 Å². The molecule has 0 saturated heterocycles. The van der Waals surface area contributed by atoms with E-state index in [0.717, 1.165) is 5.57 Å². The van der Waals surface area contributed by atoms with Crippen LogP contribution in [-0.2, 0) is 0 Å². The van der Waals surface area contributed by atoms with Crippen LogP contribution >= 0.6 is 9.24 Å². The van der Waals surface area contributed by atoms with Crippen molar-refractivity contribution in [2.45, 2.75) is 27.7 Å². The second-order valence-electron chi connectivity index (χ2n) is 2.43. The van der Waals surface area contributed by atoms with Crippen molar-refractivity contribution in [3.05, 3.63) is 67.3 Å². The Morgan fingerprint density at radius 3 is 1.72 bits per heavy atom. The first-order valence-electron chi connectivity index (χ1n) is 6.47. The van der Waals surface area contributed by atoms with Crippen molar-refractivity contribution in [2.75, 3.05) is 6.66 Å². The summed E-state index contributed by atoms with van der Waals surface area (Å²) in [6.07, 6.45) is 5.54. The largest absolute Gasteiger partial charge is 0.141 e. The van der Waals surface area contributed by atoms with Gasteiger partial charge in [0.2, 0.25) is 0 Å². The third kappa shape index (κ3) is 11.4. The second-order valence-corrected chi connectivity index (χ2v) is 2.43. The van der Waals surface area contributed by atoms with E-state index in [1.54, 1.807) is 6.08 Å². The molecule has 1 heteroatoms. The van der Waals surface area contributed by atoms with Gasteiger partial charge in [-0.25, -0.2) is 0 Å². The van der Waals surface area contributed by atoms with E-state index in [1.165, 1.54) is 5.56 Å². The zero-order valence-corrected chi connectivity index (χ0v) is 13.8. The van der Waals surface area contributed by atoms with Crippen molar-refractivity contribution in [3.8, 4) is 0 Å².